The summed E-state index contributed by atoms with van der Waals surface area (Å²) in [6, 6.07) is 2.41. The fourth-order valence-corrected chi connectivity index (χ4v) is 3.73. The van der Waals surface area contributed by atoms with Crippen molar-refractivity contribution in [2.75, 3.05) is 13.2 Å². The molecule has 1 aromatic heterocycles. The third kappa shape index (κ3) is 4.36. The van der Waals surface area contributed by atoms with E-state index in [1.807, 2.05) is 0 Å². The predicted octanol–water partition coefficient (Wildman–Crippen LogP) is 4.37. The molecule has 0 aliphatic heterocycles. The normalized spacial score (nSPS) is 14.8. The van der Waals surface area contributed by atoms with Crippen molar-refractivity contribution in [3.05, 3.63) is 20.8 Å². The highest BCUT2D eigenvalue weighted by atomic mass is 79.9. The summed E-state index contributed by atoms with van der Waals surface area (Å²) in [5, 5.41) is 5.67. The molecule has 1 heterocycles. The quantitative estimate of drug-likeness (QED) is 0.768. The van der Waals surface area contributed by atoms with Gasteiger partial charge in [-0.15, -0.1) is 11.3 Å². The number of ether oxygens (including phenoxy) is 1. The molecule has 2 atom stereocenters. The second-order valence-corrected chi connectivity index (χ2v) is 5.75. The molecule has 4 heteroatoms. The highest BCUT2D eigenvalue weighted by Gasteiger charge is 2.24. The Kier molecular flexibility index (Phi) is 7.35. The number of thiophene rings is 1. The smallest absolute Gasteiger partial charge is 0.0777 e. The monoisotopic (exact) mass is 319 g/mol. The minimum atomic E-state index is 0.264. The van der Waals surface area contributed by atoms with E-state index in [1.165, 1.54) is 9.35 Å². The van der Waals surface area contributed by atoms with Crippen LogP contribution in [0.15, 0.2) is 15.9 Å². The molecule has 1 aromatic rings. The molecule has 17 heavy (non-hydrogen) atoms. The molecule has 0 saturated carbocycles. The summed E-state index contributed by atoms with van der Waals surface area (Å²) >= 11 is 5.41. The van der Waals surface area contributed by atoms with E-state index in [0.29, 0.717) is 6.04 Å². The van der Waals surface area contributed by atoms with Crippen molar-refractivity contribution in [3.8, 4) is 0 Å². The molecule has 0 bridgehead atoms. The Balaban J connectivity index is 2.85. The van der Waals surface area contributed by atoms with Crippen molar-refractivity contribution in [1.29, 1.82) is 0 Å². The predicted molar refractivity (Wildman–Crippen MR) is 78.8 cm³/mol. The Morgan fingerprint density at radius 3 is 2.65 bits per heavy atom. The van der Waals surface area contributed by atoms with Gasteiger partial charge in [-0.05, 0) is 47.3 Å². The van der Waals surface area contributed by atoms with E-state index in [9.17, 15) is 0 Å². The number of nitrogens with one attached hydrogen (secondary N) is 1. The molecular formula is C13H22BrNOS. The van der Waals surface area contributed by atoms with Crippen LogP contribution in [0.25, 0.3) is 0 Å². The van der Waals surface area contributed by atoms with Crippen LogP contribution in [0.3, 0.4) is 0 Å². The second-order valence-electron chi connectivity index (χ2n) is 3.95. The van der Waals surface area contributed by atoms with Gasteiger partial charge in [0.1, 0.15) is 0 Å². The van der Waals surface area contributed by atoms with Crippen molar-refractivity contribution >= 4 is 27.3 Å². The summed E-state index contributed by atoms with van der Waals surface area (Å²) < 4.78 is 7.09. The zero-order valence-electron chi connectivity index (χ0n) is 10.8. The third-order valence-electron chi connectivity index (χ3n) is 2.68. The van der Waals surface area contributed by atoms with Crippen LogP contribution in [0.1, 0.15) is 44.5 Å². The average Bonchev–Trinajstić information content (AvgIpc) is 2.72. The highest BCUT2D eigenvalue weighted by Crippen LogP contribution is 2.33. The third-order valence-corrected chi connectivity index (χ3v) is 4.63. The summed E-state index contributed by atoms with van der Waals surface area (Å²) in [5.41, 5.74) is 0. The summed E-state index contributed by atoms with van der Waals surface area (Å²) in [7, 11) is 0. The largest absolute Gasteiger partial charge is 0.376 e. The van der Waals surface area contributed by atoms with Crippen LogP contribution >= 0.6 is 27.3 Å². The Hall–Kier alpha value is 0.100. The van der Waals surface area contributed by atoms with Crippen molar-refractivity contribution in [2.45, 2.75) is 45.8 Å². The fraction of sp³-hybridized carbons (Fsp3) is 0.692. The maximum atomic E-state index is 5.90. The van der Waals surface area contributed by atoms with Crippen LogP contribution in [0.2, 0.25) is 0 Å². The molecule has 2 unspecified atom stereocenters. The Labute approximate surface area is 117 Å². The second kappa shape index (κ2) is 8.25. The zero-order chi connectivity index (χ0) is 12.7. The maximum Gasteiger partial charge on any atom is 0.0777 e. The van der Waals surface area contributed by atoms with Gasteiger partial charge < -0.3 is 10.1 Å². The van der Waals surface area contributed by atoms with Crippen LogP contribution in [-0.2, 0) is 4.74 Å². The number of likely N-dealkylation sites (N-methyl/N-ethyl adjacent to an activating group) is 1. The summed E-state index contributed by atoms with van der Waals surface area (Å²) in [5.74, 6) is 0. The lowest BCUT2D eigenvalue weighted by Gasteiger charge is -2.27. The van der Waals surface area contributed by atoms with Crippen LogP contribution < -0.4 is 5.32 Å². The van der Waals surface area contributed by atoms with Gasteiger partial charge in [-0.1, -0.05) is 20.3 Å². The van der Waals surface area contributed by atoms with E-state index >= 15 is 0 Å². The first-order chi connectivity index (χ1) is 8.24. The van der Waals surface area contributed by atoms with E-state index in [4.69, 9.17) is 4.74 Å². The van der Waals surface area contributed by atoms with Crippen LogP contribution in [0.4, 0.5) is 0 Å². The van der Waals surface area contributed by atoms with Gasteiger partial charge >= 0.3 is 0 Å². The summed E-state index contributed by atoms with van der Waals surface area (Å²) in [4.78, 5) is 1.35. The standard InChI is InChI=1S/C13H22BrNOS/c1-4-7-11(16-6-3)12(15-5-2)13-10(14)8-9-17-13/h8-9,11-12,15H,4-7H2,1-3H3. The van der Waals surface area contributed by atoms with Gasteiger partial charge in [0.2, 0.25) is 0 Å². The molecular weight excluding hydrogens is 298 g/mol. The van der Waals surface area contributed by atoms with Crippen molar-refractivity contribution in [1.82, 2.24) is 5.32 Å². The first-order valence-corrected chi connectivity index (χ1v) is 7.99. The van der Waals surface area contributed by atoms with E-state index in [2.05, 4.69) is 53.5 Å². The molecule has 2 nitrogen and oxygen atoms in total. The first kappa shape index (κ1) is 15.2. The van der Waals surface area contributed by atoms with Crippen molar-refractivity contribution in [3.63, 3.8) is 0 Å². The molecule has 1 rings (SSSR count). The van der Waals surface area contributed by atoms with Gasteiger partial charge in [0.25, 0.3) is 0 Å². The van der Waals surface area contributed by atoms with Gasteiger partial charge in [0.05, 0.1) is 12.1 Å². The van der Waals surface area contributed by atoms with Crippen LogP contribution in [0.5, 0.6) is 0 Å². The van der Waals surface area contributed by atoms with Crippen molar-refractivity contribution in [2.24, 2.45) is 0 Å². The number of hydrogen-bond acceptors (Lipinski definition) is 3. The van der Waals surface area contributed by atoms with Crippen molar-refractivity contribution < 1.29 is 4.74 Å². The molecule has 98 valence electrons. The number of hydrogen-bond donors (Lipinski definition) is 1. The average molecular weight is 320 g/mol. The highest BCUT2D eigenvalue weighted by molar-refractivity contribution is 9.10. The van der Waals surface area contributed by atoms with Gasteiger partial charge in [-0.3, -0.25) is 0 Å². The maximum absolute atomic E-state index is 5.90. The lowest BCUT2D eigenvalue weighted by atomic mass is 10.0. The van der Waals surface area contributed by atoms with Gasteiger partial charge in [0, 0.05) is 16.0 Å². The number of halogens is 1. The number of rotatable bonds is 8. The van der Waals surface area contributed by atoms with Gasteiger partial charge in [-0.25, -0.2) is 0 Å². The molecule has 0 radical (unpaired) electrons. The van der Waals surface area contributed by atoms with E-state index in [1.54, 1.807) is 11.3 Å². The van der Waals surface area contributed by atoms with Crippen LogP contribution in [-0.4, -0.2) is 19.3 Å². The zero-order valence-corrected chi connectivity index (χ0v) is 13.2. The van der Waals surface area contributed by atoms with E-state index < -0.39 is 0 Å². The lowest BCUT2D eigenvalue weighted by molar-refractivity contribution is 0.0287. The molecule has 1 N–H and O–H groups in total. The van der Waals surface area contributed by atoms with Gasteiger partial charge in [-0.2, -0.15) is 0 Å². The fourth-order valence-electron chi connectivity index (χ4n) is 1.99. The SMILES string of the molecule is CCCC(OCC)C(NCC)c1sccc1Br. The molecule has 0 spiro atoms. The summed E-state index contributed by atoms with van der Waals surface area (Å²) in [6.45, 7) is 8.15. The minimum absolute atomic E-state index is 0.264. The molecule has 0 fully saturated rings. The molecule has 0 aliphatic rings. The van der Waals surface area contributed by atoms with E-state index in [-0.39, 0.29) is 6.10 Å². The lowest BCUT2D eigenvalue weighted by Crippen LogP contribution is -2.33. The first-order valence-electron chi connectivity index (χ1n) is 6.32. The Bertz CT molecular complexity index is 310. The Morgan fingerprint density at radius 2 is 2.18 bits per heavy atom. The topological polar surface area (TPSA) is 21.3 Å². The Morgan fingerprint density at radius 1 is 1.41 bits per heavy atom. The minimum Gasteiger partial charge on any atom is -0.376 e. The molecule has 0 aliphatic carbocycles. The van der Waals surface area contributed by atoms with Gasteiger partial charge in [0.15, 0.2) is 0 Å². The van der Waals surface area contributed by atoms with E-state index in [0.717, 1.165) is 26.0 Å². The summed E-state index contributed by atoms with van der Waals surface area (Å²) in [6.07, 6.45) is 2.51. The van der Waals surface area contributed by atoms with Crippen LogP contribution in [0, 0.1) is 0 Å². The molecule has 0 aromatic carbocycles. The molecule has 0 amide bonds. The molecule has 0 saturated heterocycles.